The first kappa shape index (κ1) is 28.8. The highest BCUT2D eigenvalue weighted by Gasteiger charge is 2.23. The first-order valence-electron chi connectivity index (χ1n) is 13.2. The molecule has 1 N–H and O–H groups in total. The highest BCUT2D eigenvalue weighted by molar-refractivity contribution is 9.10. The van der Waals surface area contributed by atoms with Gasteiger partial charge in [-0.3, -0.25) is 9.59 Å². The lowest BCUT2D eigenvalue weighted by molar-refractivity contribution is -0.118. The average Bonchev–Trinajstić information content (AvgIpc) is 2.98. The number of benzene rings is 3. The average molecular weight is 642 g/mol. The Labute approximate surface area is 249 Å². The van der Waals surface area contributed by atoms with Crippen LogP contribution in [0.3, 0.4) is 0 Å². The number of hydrogen-bond acceptors (Lipinski definition) is 6. The minimum Gasteiger partial charge on any atom is -0.493 e. The molecule has 0 bridgehead atoms. The SMILES string of the molecule is COc1cc(C=Nn2c(C3CCCCC3)nc3ccccc3c2=O)c(Br)c(Cl)c1OCC(=O)Nc1cccc(F)c1. The van der Waals surface area contributed by atoms with Crippen molar-refractivity contribution >= 4 is 56.2 Å². The zero-order valence-electron chi connectivity index (χ0n) is 22.2. The van der Waals surface area contributed by atoms with Crippen molar-refractivity contribution in [2.24, 2.45) is 5.10 Å². The van der Waals surface area contributed by atoms with E-state index in [4.69, 9.17) is 26.1 Å². The molecule has 5 rings (SSSR count). The predicted molar refractivity (Wildman–Crippen MR) is 161 cm³/mol. The Morgan fingerprint density at radius 3 is 2.73 bits per heavy atom. The van der Waals surface area contributed by atoms with Crippen LogP contribution in [0.2, 0.25) is 5.02 Å². The summed E-state index contributed by atoms with van der Waals surface area (Å²) >= 11 is 10.1. The molecule has 11 heteroatoms. The highest BCUT2D eigenvalue weighted by Crippen LogP contribution is 2.42. The fourth-order valence-corrected chi connectivity index (χ4v) is 5.54. The van der Waals surface area contributed by atoms with Crippen LogP contribution in [-0.2, 0) is 4.79 Å². The number of nitrogens with zero attached hydrogens (tertiary/aromatic N) is 3. The summed E-state index contributed by atoms with van der Waals surface area (Å²) in [6.45, 7) is -0.393. The number of rotatable bonds is 8. The number of aromatic nitrogens is 2. The van der Waals surface area contributed by atoms with E-state index >= 15 is 0 Å². The molecule has 1 aliphatic carbocycles. The van der Waals surface area contributed by atoms with E-state index in [0.29, 0.717) is 32.5 Å². The number of para-hydroxylation sites is 1. The number of hydrogen-bond donors (Lipinski definition) is 1. The largest absolute Gasteiger partial charge is 0.493 e. The Bertz CT molecular complexity index is 1690. The number of anilines is 1. The molecule has 212 valence electrons. The first-order chi connectivity index (χ1) is 19.9. The number of methoxy groups -OCH3 is 1. The van der Waals surface area contributed by atoms with Gasteiger partial charge in [0.25, 0.3) is 11.5 Å². The van der Waals surface area contributed by atoms with Gasteiger partial charge in [-0.05, 0) is 65.2 Å². The number of amides is 1. The maximum atomic E-state index is 13.5. The fourth-order valence-electron chi connectivity index (χ4n) is 4.88. The summed E-state index contributed by atoms with van der Waals surface area (Å²) in [5.41, 5.74) is 1.23. The van der Waals surface area contributed by atoms with Gasteiger partial charge in [0.05, 0.1) is 24.2 Å². The van der Waals surface area contributed by atoms with E-state index in [1.807, 2.05) is 12.1 Å². The molecule has 1 saturated carbocycles. The van der Waals surface area contributed by atoms with Crippen LogP contribution in [0.1, 0.15) is 49.4 Å². The van der Waals surface area contributed by atoms with E-state index in [-0.39, 0.29) is 28.0 Å². The summed E-state index contributed by atoms with van der Waals surface area (Å²) < 4.78 is 26.4. The molecule has 3 aromatic carbocycles. The van der Waals surface area contributed by atoms with E-state index in [0.717, 1.165) is 25.7 Å². The maximum Gasteiger partial charge on any atom is 0.282 e. The lowest BCUT2D eigenvalue weighted by Crippen LogP contribution is -2.25. The molecule has 0 radical (unpaired) electrons. The van der Waals surface area contributed by atoms with Gasteiger partial charge in [0, 0.05) is 21.6 Å². The van der Waals surface area contributed by atoms with Crippen molar-refractivity contribution in [1.29, 1.82) is 0 Å². The number of carbonyl (C=O) groups is 1. The van der Waals surface area contributed by atoms with Gasteiger partial charge < -0.3 is 14.8 Å². The van der Waals surface area contributed by atoms with Crippen molar-refractivity contribution in [3.8, 4) is 11.5 Å². The van der Waals surface area contributed by atoms with Gasteiger partial charge in [-0.1, -0.05) is 49.1 Å². The third kappa shape index (κ3) is 6.44. The van der Waals surface area contributed by atoms with E-state index in [1.165, 1.54) is 42.6 Å². The van der Waals surface area contributed by atoms with Crippen molar-refractivity contribution in [2.75, 3.05) is 19.0 Å². The van der Waals surface area contributed by atoms with Crippen LogP contribution >= 0.6 is 27.5 Å². The van der Waals surface area contributed by atoms with Crippen LogP contribution in [0.25, 0.3) is 10.9 Å². The number of ether oxygens (including phenoxy) is 2. The van der Waals surface area contributed by atoms with Gasteiger partial charge in [0.1, 0.15) is 16.7 Å². The first-order valence-corrected chi connectivity index (χ1v) is 14.3. The molecule has 0 unspecified atom stereocenters. The molecule has 41 heavy (non-hydrogen) atoms. The molecular weight excluding hydrogens is 615 g/mol. The summed E-state index contributed by atoms with van der Waals surface area (Å²) in [7, 11) is 1.44. The van der Waals surface area contributed by atoms with Gasteiger partial charge >= 0.3 is 0 Å². The molecule has 1 aliphatic rings. The van der Waals surface area contributed by atoms with Crippen molar-refractivity contribution in [2.45, 2.75) is 38.0 Å². The molecule has 0 aliphatic heterocycles. The summed E-state index contributed by atoms with van der Waals surface area (Å²) in [6, 6.07) is 14.4. The monoisotopic (exact) mass is 640 g/mol. The zero-order chi connectivity index (χ0) is 28.9. The molecule has 0 spiro atoms. The Balaban J connectivity index is 1.44. The number of halogens is 3. The van der Waals surface area contributed by atoms with Crippen LogP contribution in [0, 0.1) is 5.82 Å². The topological polar surface area (TPSA) is 94.8 Å². The number of carbonyl (C=O) groups excluding carboxylic acids is 1. The van der Waals surface area contributed by atoms with Gasteiger partial charge in [0.2, 0.25) is 0 Å². The third-order valence-electron chi connectivity index (χ3n) is 6.89. The molecule has 0 saturated heterocycles. The summed E-state index contributed by atoms with van der Waals surface area (Å²) in [4.78, 5) is 30.7. The quantitative estimate of drug-likeness (QED) is 0.211. The molecule has 1 fully saturated rings. The fraction of sp³-hybridized carbons (Fsp3) is 0.267. The second kappa shape index (κ2) is 12.8. The smallest absolute Gasteiger partial charge is 0.282 e. The Morgan fingerprint density at radius 1 is 1.20 bits per heavy atom. The minimum absolute atomic E-state index is 0.133. The van der Waals surface area contributed by atoms with Crippen LogP contribution in [0.4, 0.5) is 10.1 Å². The Hall–Kier alpha value is -3.76. The minimum atomic E-state index is -0.506. The van der Waals surface area contributed by atoms with Crippen molar-refractivity contribution in [3.63, 3.8) is 0 Å². The molecule has 1 amide bonds. The molecule has 1 heterocycles. The maximum absolute atomic E-state index is 13.5. The van der Waals surface area contributed by atoms with Crippen LogP contribution < -0.4 is 20.3 Å². The number of fused-ring (bicyclic) bond motifs is 1. The van der Waals surface area contributed by atoms with Crippen LogP contribution in [0.15, 0.2) is 69.0 Å². The second-order valence-electron chi connectivity index (χ2n) is 9.66. The van der Waals surface area contributed by atoms with Gasteiger partial charge in [-0.2, -0.15) is 9.78 Å². The second-order valence-corrected chi connectivity index (χ2v) is 10.8. The number of nitrogens with one attached hydrogen (secondary N) is 1. The molecular formula is C30H27BrClFN4O4. The zero-order valence-corrected chi connectivity index (χ0v) is 24.5. The Morgan fingerprint density at radius 2 is 1.98 bits per heavy atom. The van der Waals surface area contributed by atoms with Crippen LogP contribution in [0.5, 0.6) is 11.5 Å². The normalized spacial score (nSPS) is 14.0. The molecule has 1 aromatic heterocycles. The van der Waals surface area contributed by atoms with E-state index in [2.05, 4.69) is 26.3 Å². The Kier molecular flexibility index (Phi) is 8.99. The lowest BCUT2D eigenvalue weighted by Gasteiger charge is -2.22. The van der Waals surface area contributed by atoms with E-state index < -0.39 is 18.3 Å². The lowest BCUT2D eigenvalue weighted by atomic mass is 9.88. The molecule has 0 atom stereocenters. The van der Waals surface area contributed by atoms with Crippen molar-refractivity contribution in [1.82, 2.24) is 9.66 Å². The van der Waals surface area contributed by atoms with Crippen LogP contribution in [-0.4, -0.2) is 35.5 Å². The van der Waals surface area contributed by atoms with E-state index in [1.54, 1.807) is 24.3 Å². The summed E-state index contributed by atoms with van der Waals surface area (Å²) in [5.74, 6) is 0.197. The van der Waals surface area contributed by atoms with Gasteiger partial charge in [-0.25, -0.2) is 9.37 Å². The van der Waals surface area contributed by atoms with E-state index in [9.17, 15) is 14.0 Å². The highest BCUT2D eigenvalue weighted by atomic mass is 79.9. The van der Waals surface area contributed by atoms with Gasteiger partial charge in [0.15, 0.2) is 18.1 Å². The van der Waals surface area contributed by atoms with Gasteiger partial charge in [-0.15, -0.1) is 0 Å². The molecule has 8 nitrogen and oxygen atoms in total. The third-order valence-corrected chi connectivity index (χ3v) is 8.34. The standard InChI is InChI=1S/C30H27BrClFN4O4/c1-40-24-14-19(26(31)27(32)28(24)41-17-25(38)35-21-11-7-10-20(33)15-21)16-34-37-29(18-8-3-2-4-9-18)36-23-13-6-5-12-22(23)30(37)39/h5-7,10-16,18H,2-4,8-9,17H2,1H3,(H,35,38). The van der Waals surface area contributed by atoms with Crippen molar-refractivity contribution < 1.29 is 18.7 Å². The predicted octanol–water partition coefficient (Wildman–Crippen LogP) is 6.91. The summed E-state index contributed by atoms with van der Waals surface area (Å²) in [6.07, 6.45) is 6.74. The summed E-state index contributed by atoms with van der Waals surface area (Å²) in [5, 5.41) is 7.78. The van der Waals surface area contributed by atoms with Crippen molar-refractivity contribution in [3.05, 3.63) is 91.7 Å². The molecule has 4 aromatic rings.